The van der Waals surface area contributed by atoms with Crippen LogP contribution in [0.3, 0.4) is 0 Å². The van der Waals surface area contributed by atoms with Gasteiger partial charge in [-0.3, -0.25) is 0 Å². The Kier molecular flexibility index (Phi) is 3.97. The highest BCUT2D eigenvalue weighted by atomic mass is 16.4. The van der Waals surface area contributed by atoms with Crippen molar-refractivity contribution in [3.05, 3.63) is 0 Å². The van der Waals surface area contributed by atoms with E-state index in [4.69, 9.17) is 5.11 Å². The summed E-state index contributed by atoms with van der Waals surface area (Å²) in [6, 6.07) is 0.692. The van der Waals surface area contributed by atoms with Gasteiger partial charge in [0.2, 0.25) is 0 Å². The lowest BCUT2D eigenvalue weighted by Gasteiger charge is -2.34. The molecule has 1 rings (SSSR count). The van der Waals surface area contributed by atoms with Crippen LogP contribution in [0.4, 0.5) is 4.79 Å². The van der Waals surface area contributed by atoms with Crippen LogP contribution in [-0.2, 0) is 0 Å². The minimum absolute atomic E-state index is 0.151. The number of hydrogen-bond acceptors (Lipinski definition) is 2. The van der Waals surface area contributed by atoms with E-state index in [0.717, 1.165) is 25.7 Å². The van der Waals surface area contributed by atoms with Gasteiger partial charge in [0.15, 0.2) is 0 Å². The van der Waals surface area contributed by atoms with Crippen molar-refractivity contribution < 1.29 is 9.90 Å². The molecule has 0 aromatic heterocycles. The number of nitrogens with one attached hydrogen (secondary N) is 2. The van der Waals surface area contributed by atoms with Crippen LogP contribution in [0.1, 0.15) is 46.5 Å². The minimum atomic E-state index is -0.901. The SMILES string of the molecule is CC(C)(C)NC1CCC(NC(=O)O)CC1. The molecule has 1 amide bonds. The highest BCUT2D eigenvalue weighted by molar-refractivity contribution is 5.64. The monoisotopic (exact) mass is 214 g/mol. The van der Waals surface area contributed by atoms with Crippen LogP contribution in [0, 0.1) is 0 Å². The topological polar surface area (TPSA) is 61.4 Å². The highest BCUT2D eigenvalue weighted by Crippen LogP contribution is 2.20. The first-order chi connectivity index (χ1) is 6.87. The van der Waals surface area contributed by atoms with Crippen LogP contribution in [-0.4, -0.2) is 28.8 Å². The van der Waals surface area contributed by atoms with Crippen molar-refractivity contribution in [1.82, 2.24) is 10.6 Å². The van der Waals surface area contributed by atoms with E-state index in [1.807, 2.05) is 0 Å². The summed E-state index contributed by atoms with van der Waals surface area (Å²) in [5, 5.41) is 14.7. The van der Waals surface area contributed by atoms with E-state index in [0.29, 0.717) is 6.04 Å². The van der Waals surface area contributed by atoms with Crippen LogP contribution in [0.5, 0.6) is 0 Å². The molecule has 0 bridgehead atoms. The number of amides is 1. The molecule has 1 aliphatic carbocycles. The number of hydrogen-bond donors (Lipinski definition) is 3. The summed E-state index contributed by atoms with van der Waals surface area (Å²) in [5.41, 5.74) is 0.151. The van der Waals surface area contributed by atoms with Gasteiger partial charge in [0.25, 0.3) is 0 Å². The minimum Gasteiger partial charge on any atom is -0.465 e. The second-order valence-electron chi connectivity index (χ2n) is 5.39. The van der Waals surface area contributed by atoms with E-state index in [2.05, 4.69) is 31.4 Å². The zero-order chi connectivity index (χ0) is 11.5. The van der Waals surface area contributed by atoms with Gasteiger partial charge in [0.1, 0.15) is 0 Å². The van der Waals surface area contributed by atoms with Gasteiger partial charge in [-0.25, -0.2) is 4.79 Å². The van der Waals surface area contributed by atoms with Gasteiger partial charge < -0.3 is 15.7 Å². The first kappa shape index (κ1) is 12.3. The van der Waals surface area contributed by atoms with Crippen LogP contribution in [0.2, 0.25) is 0 Å². The van der Waals surface area contributed by atoms with Gasteiger partial charge in [-0.15, -0.1) is 0 Å². The van der Waals surface area contributed by atoms with E-state index in [1.165, 1.54) is 0 Å². The predicted molar refractivity (Wildman–Crippen MR) is 60.1 cm³/mol. The molecule has 0 aromatic rings. The highest BCUT2D eigenvalue weighted by Gasteiger charge is 2.24. The molecule has 0 aliphatic heterocycles. The second-order valence-corrected chi connectivity index (χ2v) is 5.39. The molecular formula is C11H22N2O2. The Balaban J connectivity index is 2.27. The molecular weight excluding hydrogens is 192 g/mol. The normalized spacial score (nSPS) is 27.4. The summed E-state index contributed by atoms with van der Waals surface area (Å²) < 4.78 is 0. The smallest absolute Gasteiger partial charge is 0.404 e. The molecule has 1 aliphatic rings. The van der Waals surface area contributed by atoms with Crippen molar-refractivity contribution in [2.45, 2.75) is 64.1 Å². The van der Waals surface area contributed by atoms with E-state index < -0.39 is 6.09 Å². The van der Waals surface area contributed by atoms with Gasteiger partial charge in [-0.1, -0.05) is 0 Å². The van der Waals surface area contributed by atoms with Crippen molar-refractivity contribution in [2.24, 2.45) is 0 Å². The fraction of sp³-hybridized carbons (Fsp3) is 0.909. The van der Waals surface area contributed by atoms with Crippen LogP contribution >= 0.6 is 0 Å². The molecule has 4 heteroatoms. The summed E-state index contributed by atoms with van der Waals surface area (Å²) in [6.07, 6.45) is 3.10. The maximum absolute atomic E-state index is 10.5. The average Bonchev–Trinajstić information content (AvgIpc) is 2.05. The Labute approximate surface area is 91.4 Å². The first-order valence-corrected chi connectivity index (χ1v) is 5.64. The molecule has 88 valence electrons. The summed E-state index contributed by atoms with van der Waals surface area (Å²) in [5.74, 6) is 0. The molecule has 0 heterocycles. The molecule has 1 saturated carbocycles. The Morgan fingerprint density at radius 2 is 1.60 bits per heavy atom. The first-order valence-electron chi connectivity index (χ1n) is 5.64. The van der Waals surface area contributed by atoms with E-state index in [9.17, 15) is 4.79 Å². The Morgan fingerprint density at radius 3 is 2.00 bits per heavy atom. The standard InChI is InChI=1S/C11H22N2O2/c1-11(2,3)13-9-6-4-8(5-7-9)12-10(14)15/h8-9,12-13H,4-7H2,1-3H3,(H,14,15). The maximum Gasteiger partial charge on any atom is 0.404 e. The molecule has 0 spiro atoms. The summed E-state index contributed by atoms with van der Waals surface area (Å²) >= 11 is 0. The molecule has 0 saturated heterocycles. The second kappa shape index (κ2) is 4.84. The summed E-state index contributed by atoms with van der Waals surface area (Å²) in [6.45, 7) is 6.48. The Bertz CT molecular complexity index is 215. The predicted octanol–water partition coefficient (Wildman–Crippen LogP) is 1.95. The van der Waals surface area contributed by atoms with Gasteiger partial charge in [0.05, 0.1) is 0 Å². The van der Waals surface area contributed by atoms with Crippen LogP contribution < -0.4 is 10.6 Å². The fourth-order valence-corrected chi connectivity index (χ4v) is 2.17. The Hall–Kier alpha value is -0.770. The van der Waals surface area contributed by atoms with Gasteiger partial charge >= 0.3 is 6.09 Å². The molecule has 4 nitrogen and oxygen atoms in total. The third kappa shape index (κ3) is 5.02. The third-order valence-electron chi connectivity index (χ3n) is 2.69. The lowest BCUT2D eigenvalue weighted by Crippen LogP contribution is -2.47. The van der Waals surface area contributed by atoms with E-state index in [1.54, 1.807) is 0 Å². The van der Waals surface area contributed by atoms with Crippen molar-refractivity contribution in [1.29, 1.82) is 0 Å². The molecule has 3 N–H and O–H groups in total. The van der Waals surface area contributed by atoms with Gasteiger partial charge in [0, 0.05) is 17.6 Å². The van der Waals surface area contributed by atoms with E-state index >= 15 is 0 Å². The summed E-state index contributed by atoms with van der Waals surface area (Å²) in [4.78, 5) is 10.5. The third-order valence-corrected chi connectivity index (χ3v) is 2.69. The molecule has 0 unspecified atom stereocenters. The largest absolute Gasteiger partial charge is 0.465 e. The zero-order valence-electron chi connectivity index (χ0n) is 9.84. The maximum atomic E-state index is 10.5. The number of carboxylic acid groups (broad SMARTS) is 1. The lowest BCUT2D eigenvalue weighted by atomic mass is 9.89. The summed E-state index contributed by atoms with van der Waals surface area (Å²) in [7, 11) is 0. The van der Waals surface area contributed by atoms with Crippen LogP contribution in [0.15, 0.2) is 0 Å². The fourth-order valence-electron chi connectivity index (χ4n) is 2.17. The molecule has 15 heavy (non-hydrogen) atoms. The average molecular weight is 214 g/mol. The van der Waals surface area contributed by atoms with Gasteiger partial charge in [-0.05, 0) is 46.5 Å². The molecule has 0 aromatic carbocycles. The number of carbonyl (C=O) groups is 1. The van der Waals surface area contributed by atoms with Crippen molar-refractivity contribution in [3.8, 4) is 0 Å². The van der Waals surface area contributed by atoms with Gasteiger partial charge in [-0.2, -0.15) is 0 Å². The molecule has 1 fully saturated rings. The lowest BCUT2D eigenvalue weighted by molar-refractivity contribution is 0.181. The van der Waals surface area contributed by atoms with Crippen molar-refractivity contribution in [3.63, 3.8) is 0 Å². The van der Waals surface area contributed by atoms with Crippen LogP contribution in [0.25, 0.3) is 0 Å². The molecule has 0 atom stereocenters. The number of rotatable bonds is 2. The van der Waals surface area contributed by atoms with E-state index in [-0.39, 0.29) is 11.6 Å². The van der Waals surface area contributed by atoms with Crippen molar-refractivity contribution in [2.75, 3.05) is 0 Å². The Morgan fingerprint density at radius 1 is 1.13 bits per heavy atom. The van der Waals surface area contributed by atoms with Crippen molar-refractivity contribution >= 4 is 6.09 Å². The molecule has 0 radical (unpaired) electrons. The quantitative estimate of drug-likeness (QED) is 0.658. The zero-order valence-corrected chi connectivity index (χ0v) is 9.84.